The van der Waals surface area contributed by atoms with Crippen LogP contribution in [0.1, 0.15) is 27.7 Å². The molecule has 0 saturated carbocycles. The molecule has 0 unspecified atom stereocenters. The quantitative estimate of drug-likeness (QED) is 0.611. The molecular formula is C9H19NO. The van der Waals surface area contributed by atoms with E-state index < -0.39 is 0 Å². The van der Waals surface area contributed by atoms with Crippen molar-refractivity contribution in [3.63, 3.8) is 0 Å². The number of amides is 1. The molecule has 0 saturated heterocycles. The van der Waals surface area contributed by atoms with Crippen LogP contribution < -0.4 is 0 Å². The molecule has 66 valence electrons. The third-order valence-corrected chi connectivity index (χ3v) is 2.24. The highest BCUT2D eigenvalue weighted by molar-refractivity contribution is 5.78. The van der Waals surface area contributed by atoms with E-state index in [1.807, 2.05) is 20.9 Å². The molecule has 0 aromatic heterocycles. The Bertz CT molecular complexity index is 132. The molecule has 1 atom stereocenters. The lowest BCUT2D eigenvalue weighted by Gasteiger charge is -2.21. The molecule has 1 amide bonds. The number of carbonyl (C=O) groups is 1. The van der Waals surface area contributed by atoms with Gasteiger partial charge in [-0.1, -0.05) is 20.8 Å². The van der Waals surface area contributed by atoms with Crippen molar-refractivity contribution in [3.8, 4) is 0 Å². The fourth-order valence-corrected chi connectivity index (χ4v) is 0.789. The van der Waals surface area contributed by atoms with Crippen molar-refractivity contribution in [2.75, 3.05) is 13.6 Å². The summed E-state index contributed by atoms with van der Waals surface area (Å²) in [6.07, 6.45) is 0. The SMILES string of the molecule is CCN(C)C(=O)[C@H](C)C(C)C. The molecule has 0 aromatic rings. The van der Waals surface area contributed by atoms with Gasteiger partial charge in [0.15, 0.2) is 0 Å². The van der Waals surface area contributed by atoms with Crippen LogP contribution in [0.2, 0.25) is 0 Å². The van der Waals surface area contributed by atoms with Gasteiger partial charge in [0.1, 0.15) is 0 Å². The molecule has 0 spiro atoms. The van der Waals surface area contributed by atoms with Crippen molar-refractivity contribution >= 4 is 5.91 Å². The zero-order chi connectivity index (χ0) is 9.02. The van der Waals surface area contributed by atoms with Gasteiger partial charge in [-0.3, -0.25) is 4.79 Å². The Morgan fingerprint density at radius 3 is 2.09 bits per heavy atom. The molecule has 2 nitrogen and oxygen atoms in total. The van der Waals surface area contributed by atoms with Gasteiger partial charge in [0.2, 0.25) is 5.91 Å². The highest BCUT2D eigenvalue weighted by atomic mass is 16.2. The van der Waals surface area contributed by atoms with Crippen LogP contribution >= 0.6 is 0 Å². The summed E-state index contributed by atoms with van der Waals surface area (Å²) in [5.41, 5.74) is 0. The van der Waals surface area contributed by atoms with Gasteiger partial charge in [-0.05, 0) is 12.8 Å². The average Bonchev–Trinajstić information content (AvgIpc) is 2.00. The molecule has 0 bridgehead atoms. The van der Waals surface area contributed by atoms with E-state index in [4.69, 9.17) is 0 Å². The van der Waals surface area contributed by atoms with E-state index in [9.17, 15) is 4.79 Å². The Labute approximate surface area is 69.6 Å². The van der Waals surface area contributed by atoms with Gasteiger partial charge < -0.3 is 4.90 Å². The standard InChI is InChI=1S/C9H19NO/c1-6-10(5)9(11)8(4)7(2)3/h7-8H,6H2,1-5H3/t8-/m1/s1. The van der Waals surface area contributed by atoms with Gasteiger partial charge >= 0.3 is 0 Å². The lowest BCUT2D eigenvalue weighted by atomic mass is 9.97. The largest absolute Gasteiger partial charge is 0.346 e. The Morgan fingerprint density at radius 1 is 1.36 bits per heavy atom. The maximum atomic E-state index is 11.4. The fourth-order valence-electron chi connectivity index (χ4n) is 0.789. The second-order valence-electron chi connectivity index (χ2n) is 3.39. The third-order valence-electron chi connectivity index (χ3n) is 2.24. The van der Waals surface area contributed by atoms with E-state index in [0.717, 1.165) is 6.54 Å². The zero-order valence-electron chi connectivity index (χ0n) is 8.22. The van der Waals surface area contributed by atoms with Crippen molar-refractivity contribution in [3.05, 3.63) is 0 Å². The number of nitrogens with zero attached hydrogens (tertiary/aromatic N) is 1. The van der Waals surface area contributed by atoms with Crippen LogP contribution in [0.15, 0.2) is 0 Å². The Kier molecular flexibility index (Phi) is 4.16. The van der Waals surface area contributed by atoms with Gasteiger partial charge in [0, 0.05) is 19.5 Å². The summed E-state index contributed by atoms with van der Waals surface area (Å²) in [4.78, 5) is 13.2. The molecular weight excluding hydrogens is 138 g/mol. The second-order valence-corrected chi connectivity index (χ2v) is 3.39. The van der Waals surface area contributed by atoms with E-state index in [1.165, 1.54) is 0 Å². The third kappa shape index (κ3) is 2.91. The van der Waals surface area contributed by atoms with Gasteiger partial charge in [-0.15, -0.1) is 0 Å². The first-order valence-electron chi connectivity index (χ1n) is 4.25. The fraction of sp³-hybridized carbons (Fsp3) is 0.889. The summed E-state index contributed by atoms with van der Waals surface area (Å²) >= 11 is 0. The first-order chi connectivity index (χ1) is 5.00. The van der Waals surface area contributed by atoms with E-state index in [1.54, 1.807) is 4.90 Å². The molecule has 0 fully saturated rings. The Morgan fingerprint density at radius 2 is 1.82 bits per heavy atom. The molecule has 0 heterocycles. The minimum atomic E-state index is 0.153. The number of rotatable bonds is 3. The average molecular weight is 157 g/mol. The van der Waals surface area contributed by atoms with Crippen LogP contribution in [-0.4, -0.2) is 24.4 Å². The van der Waals surface area contributed by atoms with E-state index in [2.05, 4.69) is 13.8 Å². The summed E-state index contributed by atoms with van der Waals surface area (Å²) in [6.45, 7) is 8.93. The summed E-state index contributed by atoms with van der Waals surface area (Å²) in [6, 6.07) is 0. The lowest BCUT2D eigenvalue weighted by molar-refractivity contribution is -0.134. The number of carbonyl (C=O) groups excluding carboxylic acids is 1. The molecule has 0 radical (unpaired) electrons. The first-order valence-corrected chi connectivity index (χ1v) is 4.25. The first kappa shape index (κ1) is 10.5. The van der Waals surface area contributed by atoms with Gasteiger partial charge in [0.25, 0.3) is 0 Å². The minimum Gasteiger partial charge on any atom is -0.346 e. The molecule has 0 aliphatic heterocycles. The van der Waals surface area contributed by atoms with Crippen molar-refractivity contribution in [1.29, 1.82) is 0 Å². The van der Waals surface area contributed by atoms with Crippen LogP contribution in [0, 0.1) is 11.8 Å². The molecule has 0 rings (SSSR count). The van der Waals surface area contributed by atoms with Crippen molar-refractivity contribution in [2.24, 2.45) is 11.8 Å². The predicted octanol–water partition coefficient (Wildman–Crippen LogP) is 1.76. The normalized spacial score (nSPS) is 13.3. The van der Waals surface area contributed by atoms with Gasteiger partial charge in [-0.25, -0.2) is 0 Å². The molecule has 0 aromatic carbocycles. The molecule has 0 N–H and O–H groups in total. The zero-order valence-corrected chi connectivity index (χ0v) is 8.22. The van der Waals surface area contributed by atoms with Crippen LogP contribution in [0.4, 0.5) is 0 Å². The molecule has 11 heavy (non-hydrogen) atoms. The number of hydrogen-bond donors (Lipinski definition) is 0. The molecule has 0 aliphatic rings. The summed E-state index contributed by atoms with van der Waals surface area (Å²) < 4.78 is 0. The van der Waals surface area contributed by atoms with Crippen LogP contribution in [0.5, 0.6) is 0 Å². The smallest absolute Gasteiger partial charge is 0.225 e. The number of hydrogen-bond acceptors (Lipinski definition) is 1. The lowest BCUT2D eigenvalue weighted by Crippen LogP contribution is -2.33. The van der Waals surface area contributed by atoms with Crippen LogP contribution in [0.25, 0.3) is 0 Å². The summed E-state index contributed by atoms with van der Waals surface area (Å²) in [5, 5.41) is 0. The molecule has 0 aliphatic carbocycles. The summed E-state index contributed by atoms with van der Waals surface area (Å²) in [7, 11) is 1.85. The van der Waals surface area contributed by atoms with Crippen molar-refractivity contribution in [1.82, 2.24) is 4.90 Å². The minimum absolute atomic E-state index is 0.153. The monoisotopic (exact) mass is 157 g/mol. The van der Waals surface area contributed by atoms with Gasteiger partial charge in [0.05, 0.1) is 0 Å². The van der Waals surface area contributed by atoms with Crippen LogP contribution in [-0.2, 0) is 4.79 Å². The summed E-state index contributed by atoms with van der Waals surface area (Å²) in [5.74, 6) is 0.846. The Hall–Kier alpha value is -0.530. The maximum absolute atomic E-state index is 11.4. The van der Waals surface area contributed by atoms with E-state index >= 15 is 0 Å². The topological polar surface area (TPSA) is 20.3 Å². The highest BCUT2D eigenvalue weighted by Gasteiger charge is 2.18. The van der Waals surface area contributed by atoms with E-state index in [0.29, 0.717) is 5.92 Å². The van der Waals surface area contributed by atoms with Gasteiger partial charge in [-0.2, -0.15) is 0 Å². The predicted molar refractivity (Wildman–Crippen MR) is 47.3 cm³/mol. The maximum Gasteiger partial charge on any atom is 0.225 e. The van der Waals surface area contributed by atoms with Crippen molar-refractivity contribution < 1.29 is 4.79 Å². The Balaban J connectivity index is 4.02. The molecule has 2 heteroatoms. The highest BCUT2D eigenvalue weighted by Crippen LogP contribution is 2.11. The van der Waals surface area contributed by atoms with E-state index in [-0.39, 0.29) is 11.8 Å². The second kappa shape index (κ2) is 4.37. The van der Waals surface area contributed by atoms with Crippen molar-refractivity contribution in [2.45, 2.75) is 27.7 Å². The van der Waals surface area contributed by atoms with Crippen LogP contribution in [0.3, 0.4) is 0 Å².